The summed E-state index contributed by atoms with van der Waals surface area (Å²) in [4.78, 5) is 19.2. The van der Waals surface area contributed by atoms with E-state index in [1.54, 1.807) is 39.5 Å². The van der Waals surface area contributed by atoms with Crippen molar-refractivity contribution in [2.75, 3.05) is 38.5 Å². The molecule has 2 aromatic carbocycles. The van der Waals surface area contributed by atoms with Crippen molar-refractivity contribution in [2.24, 2.45) is 0 Å². The number of nitrogens with zero attached hydrogens (tertiary/aromatic N) is 3. The largest absolute Gasteiger partial charge is 0.467 e. The summed E-state index contributed by atoms with van der Waals surface area (Å²) in [5.74, 6) is 0.176. The number of carbonyl (C=O) groups is 1. The van der Waals surface area contributed by atoms with Crippen LogP contribution >= 0.6 is 11.3 Å². The van der Waals surface area contributed by atoms with Crippen LogP contribution in [0.15, 0.2) is 58.3 Å². The van der Waals surface area contributed by atoms with E-state index in [0.717, 1.165) is 21.4 Å². The van der Waals surface area contributed by atoms with Gasteiger partial charge in [-0.15, -0.1) is 0 Å². The maximum Gasteiger partial charge on any atom is 0.410 e. The van der Waals surface area contributed by atoms with E-state index in [0.29, 0.717) is 62.6 Å². The first kappa shape index (κ1) is 29.8. The maximum absolute atomic E-state index is 12.7. The average Bonchev–Trinajstić information content (AvgIpc) is 3.52. The van der Waals surface area contributed by atoms with Gasteiger partial charge in [0.2, 0.25) is 19.9 Å². The molecule has 1 fully saturated rings. The van der Waals surface area contributed by atoms with Crippen molar-refractivity contribution >= 4 is 59.2 Å². The van der Waals surface area contributed by atoms with E-state index in [2.05, 4.69) is 11.1 Å². The SMILES string of the molecule is CCCS(=O)(=O)N1CC=C(c2ccc3nc(OC4CCN(C(=O)OCC5=Cc6ccccc6S5(=O)=O)CC4)sc3c2)CC1. The van der Waals surface area contributed by atoms with Gasteiger partial charge in [0.25, 0.3) is 5.19 Å². The summed E-state index contributed by atoms with van der Waals surface area (Å²) >= 11 is 1.47. The smallest absolute Gasteiger partial charge is 0.410 e. The predicted molar refractivity (Wildman–Crippen MR) is 166 cm³/mol. The summed E-state index contributed by atoms with van der Waals surface area (Å²) in [5, 5.41) is 0.570. The number of amides is 1. The number of carbonyl (C=O) groups excluding carboxylic acids is 1. The average molecular weight is 644 g/mol. The molecule has 13 heteroatoms. The van der Waals surface area contributed by atoms with Gasteiger partial charge in [0, 0.05) is 39.0 Å². The number of likely N-dealkylation sites (tertiary alicyclic amines) is 1. The monoisotopic (exact) mass is 643 g/mol. The van der Waals surface area contributed by atoms with Gasteiger partial charge in [0.1, 0.15) is 12.7 Å². The van der Waals surface area contributed by atoms with Gasteiger partial charge >= 0.3 is 6.09 Å². The number of sulfonamides is 1. The number of fused-ring (bicyclic) bond motifs is 2. The van der Waals surface area contributed by atoms with E-state index in [-0.39, 0.29) is 28.3 Å². The Morgan fingerprint density at radius 2 is 1.91 bits per heavy atom. The van der Waals surface area contributed by atoms with Gasteiger partial charge < -0.3 is 14.4 Å². The van der Waals surface area contributed by atoms with Crippen molar-refractivity contribution in [3.05, 3.63) is 64.6 Å². The highest BCUT2D eigenvalue weighted by Crippen LogP contribution is 2.34. The first-order valence-corrected chi connectivity index (χ1v) is 18.3. The Hall–Kier alpha value is -3.26. The fraction of sp³-hybridized carbons (Fsp3) is 0.400. The maximum atomic E-state index is 12.7. The van der Waals surface area contributed by atoms with Crippen molar-refractivity contribution < 1.29 is 31.1 Å². The molecule has 0 N–H and O–H groups in total. The molecule has 0 unspecified atom stereocenters. The second kappa shape index (κ2) is 12.0. The number of benzene rings is 2. The molecular formula is C30H33N3O7S3. The lowest BCUT2D eigenvalue weighted by Crippen LogP contribution is -2.42. The minimum absolute atomic E-state index is 0.0842. The van der Waals surface area contributed by atoms with E-state index in [9.17, 15) is 21.6 Å². The lowest BCUT2D eigenvalue weighted by Gasteiger charge is -2.30. The number of sulfone groups is 1. The van der Waals surface area contributed by atoms with Crippen molar-refractivity contribution in [3.63, 3.8) is 0 Å². The molecule has 0 saturated carbocycles. The number of piperidine rings is 1. The van der Waals surface area contributed by atoms with Crippen LogP contribution in [0.25, 0.3) is 21.9 Å². The number of rotatable bonds is 8. The quantitative estimate of drug-likeness (QED) is 0.339. The predicted octanol–water partition coefficient (Wildman–Crippen LogP) is 4.93. The molecular weight excluding hydrogens is 611 g/mol. The first-order chi connectivity index (χ1) is 20.6. The highest BCUT2D eigenvalue weighted by molar-refractivity contribution is 7.95. The van der Waals surface area contributed by atoms with Crippen LogP contribution in [0.4, 0.5) is 4.79 Å². The number of aromatic nitrogens is 1. The van der Waals surface area contributed by atoms with E-state index in [4.69, 9.17) is 9.47 Å². The van der Waals surface area contributed by atoms with Gasteiger partial charge in [-0.25, -0.2) is 26.6 Å². The van der Waals surface area contributed by atoms with Gasteiger partial charge in [-0.3, -0.25) is 0 Å². The van der Waals surface area contributed by atoms with Crippen molar-refractivity contribution in [3.8, 4) is 5.19 Å². The fourth-order valence-electron chi connectivity index (χ4n) is 5.58. The topological polar surface area (TPSA) is 123 Å². The van der Waals surface area contributed by atoms with Crippen LogP contribution in [0.3, 0.4) is 0 Å². The van der Waals surface area contributed by atoms with Crippen LogP contribution in [-0.4, -0.2) is 81.8 Å². The molecule has 43 heavy (non-hydrogen) atoms. The molecule has 0 aliphatic carbocycles. The van der Waals surface area contributed by atoms with Gasteiger partial charge in [0.05, 0.1) is 25.8 Å². The number of thiazole rings is 1. The summed E-state index contributed by atoms with van der Waals surface area (Å²) in [6.07, 6.45) is 5.39. The molecule has 3 aliphatic heterocycles. The van der Waals surface area contributed by atoms with Crippen LogP contribution in [0, 0.1) is 0 Å². The van der Waals surface area contributed by atoms with Crippen molar-refractivity contribution in [2.45, 2.75) is 43.6 Å². The molecule has 1 amide bonds. The Bertz CT molecular complexity index is 1820. The molecule has 10 nitrogen and oxygen atoms in total. The Labute approximate surface area is 255 Å². The van der Waals surface area contributed by atoms with Gasteiger partial charge in [0.15, 0.2) is 0 Å². The van der Waals surface area contributed by atoms with Crippen molar-refractivity contribution in [1.29, 1.82) is 0 Å². The van der Waals surface area contributed by atoms with E-state index >= 15 is 0 Å². The molecule has 0 spiro atoms. The zero-order chi connectivity index (χ0) is 30.2. The van der Waals surface area contributed by atoms with E-state index < -0.39 is 26.0 Å². The normalized spacial score (nSPS) is 19.1. The Kier molecular flexibility index (Phi) is 8.33. The molecule has 0 radical (unpaired) electrons. The zero-order valence-electron chi connectivity index (χ0n) is 23.8. The van der Waals surface area contributed by atoms with Crippen LogP contribution in [0.2, 0.25) is 0 Å². The van der Waals surface area contributed by atoms with Gasteiger partial charge in [-0.2, -0.15) is 4.31 Å². The highest BCUT2D eigenvalue weighted by Gasteiger charge is 2.32. The number of hydrogen-bond donors (Lipinski definition) is 0. The fourth-order valence-corrected chi connectivity index (χ4v) is 9.42. The molecule has 1 saturated heterocycles. The van der Waals surface area contributed by atoms with E-state index in [1.165, 1.54) is 11.3 Å². The molecule has 3 aromatic rings. The third-order valence-corrected chi connectivity index (χ3v) is 12.8. The van der Waals surface area contributed by atoms with Crippen molar-refractivity contribution in [1.82, 2.24) is 14.2 Å². The van der Waals surface area contributed by atoms with Crippen LogP contribution in [-0.2, 0) is 24.6 Å². The van der Waals surface area contributed by atoms with Crippen LogP contribution < -0.4 is 4.74 Å². The molecule has 4 heterocycles. The Balaban J connectivity index is 1.01. The third kappa shape index (κ3) is 6.21. The van der Waals surface area contributed by atoms with Crippen LogP contribution in [0.5, 0.6) is 5.19 Å². The zero-order valence-corrected chi connectivity index (χ0v) is 26.2. The Morgan fingerprint density at radius 1 is 1.12 bits per heavy atom. The summed E-state index contributed by atoms with van der Waals surface area (Å²) in [5.41, 5.74) is 3.64. The number of ether oxygens (including phenoxy) is 2. The second-order valence-corrected chi connectivity index (χ2v) is 15.9. The summed E-state index contributed by atoms with van der Waals surface area (Å²) in [6, 6.07) is 12.8. The van der Waals surface area contributed by atoms with Gasteiger partial charge in [-0.1, -0.05) is 48.6 Å². The van der Waals surface area contributed by atoms with Crippen LogP contribution in [0.1, 0.15) is 43.7 Å². The minimum atomic E-state index is -3.63. The molecule has 3 aliphatic rings. The number of hydrogen-bond acceptors (Lipinski definition) is 9. The van der Waals surface area contributed by atoms with Gasteiger partial charge in [-0.05, 0) is 53.8 Å². The van der Waals surface area contributed by atoms with E-state index in [1.807, 2.05) is 25.1 Å². The molecule has 0 bridgehead atoms. The minimum Gasteiger partial charge on any atom is -0.467 e. The first-order valence-electron chi connectivity index (χ1n) is 14.3. The Morgan fingerprint density at radius 3 is 2.63 bits per heavy atom. The lowest BCUT2D eigenvalue weighted by atomic mass is 10.0. The summed E-state index contributed by atoms with van der Waals surface area (Å²) < 4.78 is 64.3. The third-order valence-electron chi connectivity index (χ3n) is 7.94. The second-order valence-electron chi connectivity index (χ2n) is 10.8. The molecule has 1 aromatic heterocycles. The standard InChI is InChI=1S/C30H33N3O7S3/c1-2-17-42(35,36)33-15-9-21(10-16-33)22-7-8-26-27(19-22)41-29(31-26)40-24-11-13-32(14-12-24)30(34)39-20-25-18-23-5-3-4-6-28(23)43(25,37)38/h3-9,18-19,24H,2,10-17,20H2,1H3. The molecule has 228 valence electrons. The summed E-state index contributed by atoms with van der Waals surface area (Å²) in [6.45, 7) is 3.32. The summed E-state index contributed by atoms with van der Waals surface area (Å²) in [7, 11) is -6.84. The highest BCUT2D eigenvalue weighted by atomic mass is 32.2. The molecule has 0 atom stereocenters. The lowest BCUT2D eigenvalue weighted by molar-refractivity contribution is 0.0728. The molecule has 6 rings (SSSR count).